The average molecular weight is 553 g/mol. The molecule has 11 nitrogen and oxygen atoms in total. The van der Waals surface area contributed by atoms with Crippen LogP contribution < -0.4 is 25.4 Å². The first-order valence-electron chi connectivity index (χ1n) is 13.8. The molecule has 4 rings (SSSR count). The lowest BCUT2D eigenvalue weighted by Gasteiger charge is -2.15. The Kier molecular flexibility index (Phi) is 11.6. The third kappa shape index (κ3) is 8.94. The van der Waals surface area contributed by atoms with Crippen molar-refractivity contribution in [3.05, 3.63) is 42.7 Å². The highest BCUT2D eigenvalue weighted by Gasteiger charge is 2.14. The van der Waals surface area contributed by atoms with E-state index in [1.165, 1.54) is 32.3 Å². The van der Waals surface area contributed by atoms with Gasteiger partial charge in [0.05, 0.1) is 18.7 Å². The number of rotatable bonds is 16. The van der Waals surface area contributed by atoms with Crippen molar-refractivity contribution in [1.29, 1.82) is 0 Å². The third-order valence-corrected chi connectivity index (χ3v) is 6.56. The number of ether oxygens (including phenoxy) is 4. The number of urea groups is 1. The van der Waals surface area contributed by atoms with Crippen molar-refractivity contribution in [2.75, 3.05) is 77.5 Å². The molecule has 1 fully saturated rings. The first-order valence-corrected chi connectivity index (χ1v) is 13.8. The van der Waals surface area contributed by atoms with Crippen molar-refractivity contribution in [3.8, 4) is 11.5 Å². The van der Waals surface area contributed by atoms with Crippen molar-refractivity contribution >= 4 is 34.1 Å². The maximum atomic E-state index is 12.4. The van der Waals surface area contributed by atoms with Crippen molar-refractivity contribution < 1.29 is 23.7 Å². The molecule has 40 heavy (non-hydrogen) atoms. The largest absolute Gasteiger partial charge is 0.487 e. The summed E-state index contributed by atoms with van der Waals surface area (Å²) in [4.78, 5) is 23.8. The van der Waals surface area contributed by atoms with Gasteiger partial charge in [0, 0.05) is 43.6 Å². The zero-order chi connectivity index (χ0) is 28.0. The van der Waals surface area contributed by atoms with E-state index in [0.717, 1.165) is 30.5 Å². The van der Waals surface area contributed by atoms with Crippen LogP contribution in [0, 0.1) is 0 Å². The van der Waals surface area contributed by atoms with Gasteiger partial charge in [-0.05, 0) is 69.6 Å². The molecule has 0 radical (unpaired) electrons. The highest BCUT2D eigenvalue weighted by atomic mass is 16.5. The van der Waals surface area contributed by atoms with Gasteiger partial charge in [0.2, 0.25) is 0 Å². The Morgan fingerprint density at radius 2 is 1.62 bits per heavy atom. The normalized spacial score (nSPS) is 13.3. The number of unbranched alkanes of at least 4 members (excludes halogenated alkanes) is 1. The molecule has 1 aromatic heterocycles. The number of nitrogens with zero attached hydrogens (tertiary/aromatic N) is 3. The van der Waals surface area contributed by atoms with Crippen molar-refractivity contribution in [2.24, 2.45) is 0 Å². The standard InChI is InChI=1S/C29H40N6O5/c1-37-14-16-39-26-19-24-25(20-27(26)40-17-15-38-2)31-21-32-28(24)33-22-8-7-9-23(18-22)34-29(36)30-10-3-4-11-35-12-5-6-13-35/h7-9,18-21H,3-6,10-17H2,1-2H3,(H2,30,34,36)(H,31,32,33). The number of likely N-dealkylation sites (tertiary alicyclic amines) is 1. The molecule has 1 aliphatic rings. The number of nitrogens with one attached hydrogen (secondary N) is 3. The van der Waals surface area contributed by atoms with Gasteiger partial charge >= 0.3 is 6.03 Å². The molecule has 11 heteroatoms. The van der Waals surface area contributed by atoms with Crippen molar-refractivity contribution in [2.45, 2.75) is 25.7 Å². The number of hydrogen-bond donors (Lipinski definition) is 3. The second-order valence-corrected chi connectivity index (χ2v) is 9.56. The van der Waals surface area contributed by atoms with Gasteiger partial charge in [-0.25, -0.2) is 14.8 Å². The summed E-state index contributed by atoms with van der Waals surface area (Å²) in [5.41, 5.74) is 2.14. The number of hydrogen-bond acceptors (Lipinski definition) is 9. The average Bonchev–Trinajstić information content (AvgIpc) is 3.47. The molecule has 0 spiro atoms. The van der Waals surface area contributed by atoms with E-state index in [9.17, 15) is 4.79 Å². The van der Waals surface area contributed by atoms with E-state index in [0.29, 0.717) is 61.5 Å². The number of carbonyl (C=O) groups is 1. The number of benzene rings is 2. The van der Waals surface area contributed by atoms with E-state index < -0.39 is 0 Å². The number of fused-ring (bicyclic) bond motifs is 1. The molecule has 2 heterocycles. The number of amides is 2. The van der Waals surface area contributed by atoms with Crippen LogP contribution in [0.3, 0.4) is 0 Å². The van der Waals surface area contributed by atoms with E-state index >= 15 is 0 Å². The molecule has 0 saturated carbocycles. The zero-order valence-corrected chi connectivity index (χ0v) is 23.4. The predicted molar refractivity (Wildman–Crippen MR) is 156 cm³/mol. The summed E-state index contributed by atoms with van der Waals surface area (Å²) >= 11 is 0. The molecule has 0 bridgehead atoms. The quantitative estimate of drug-likeness (QED) is 0.222. The predicted octanol–water partition coefficient (Wildman–Crippen LogP) is 4.42. The monoisotopic (exact) mass is 552 g/mol. The van der Waals surface area contributed by atoms with E-state index in [-0.39, 0.29) is 6.03 Å². The van der Waals surface area contributed by atoms with Gasteiger partial charge in [-0.2, -0.15) is 0 Å². The molecule has 216 valence electrons. The van der Waals surface area contributed by atoms with Gasteiger partial charge in [0.15, 0.2) is 11.5 Å². The summed E-state index contributed by atoms with van der Waals surface area (Å²) in [6, 6.07) is 11.0. The minimum atomic E-state index is -0.218. The lowest BCUT2D eigenvalue weighted by molar-refractivity contribution is 0.132. The molecular weight excluding hydrogens is 512 g/mol. The molecule has 3 N–H and O–H groups in total. The highest BCUT2D eigenvalue weighted by molar-refractivity contribution is 5.94. The van der Waals surface area contributed by atoms with E-state index in [1.54, 1.807) is 14.2 Å². The Morgan fingerprint density at radius 1 is 0.900 bits per heavy atom. The number of anilines is 3. The fourth-order valence-corrected chi connectivity index (χ4v) is 4.51. The Bertz CT molecular complexity index is 1220. The minimum Gasteiger partial charge on any atom is -0.487 e. The zero-order valence-electron chi connectivity index (χ0n) is 23.4. The maximum absolute atomic E-state index is 12.4. The number of aromatic nitrogens is 2. The van der Waals surface area contributed by atoms with Crippen LogP contribution in [0.15, 0.2) is 42.7 Å². The molecule has 0 aliphatic carbocycles. The van der Waals surface area contributed by atoms with Gasteiger partial charge in [0.25, 0.3) is 0 Å². The Balaban J connectivity index is 1.38. The third-order valence-electron chi connectivity index (χ3n) is 6.56. The van der Waals surface area contributed by atoms with Crippen LogP contribution in [-0.2, 0) is 9.47 Å². The smallest absolute Gasteiger partial charge is 0.319 e. The molecule has 0 atom stereocenters. The first kappa shape index (κ1) is 29.3. The van der Waals surface area contributed by atoms with Gasteiger partial charge < -0.3 is 39.8 Å². The fraction of sp³-hybridized carbons (Fsp3) is 0.483. The topological polar surface area (TPSA) is 119 Å². The summed E-state index contributed by atoms with van der Waals surface area (Å²) < 4.78 is 22.0. The van der Waals surface area contributed by atoms with Crippen molar-refractivity contribution in [3.63, 3.8) is 0 Å². The summed E-state index contributed by atoms with van der Waals surface area (Å²) in [6.07, 6.45) is 6.15. The van der Waals surface area contributed by atoms with Crippen LogP contribution in [0.2, 0.25) is 0 Å². The molecule has 2 aromatic carbocycles. The van der Waals surface area contributed by atoms with Crippen molar-refractivity contribution in [1.82, 2.24) is 20.2 Å². The number of methoxy groups -OCH3 is 2. The van der Waals surface area contributed by atoms with Gasteiger partial charge in [-0.3, -0.25) is 0 Å². The van der Waals surface area contributed by atoms with E-state index in [2.05, 4.69) is 30.8 Å². The van der Waals surface area contributed by atoms with Crippen LogP contribution in [0.25, 0.3) is 10.9 Å². The second kappa shape index (κ2) is 15.8. The van der Waals surface area contributed by atoms with E-state index in [1.807, 2.05) is 36.4 Å². The maximum Gasteiger partial charge on any atom is 0.319 e. The lowest BCUT2D eigenvalue weighted by atomic mass is 10.2. The van der Waals surface area contributed by atoms with Gasteiger partial charge in [0.1, 0.15) is 25.4 Å². The molecular formula is C29H40N6O5. The second-order valence-electron chi connectivity index (χ2n) is 9.56. The molecule has 0 unspecified atom stereocenters. The van der Waals surface area contributed by atoms with Crippen LogP contribution in [0.4, 0.5) is 22.0 Å². The summed E-state index contributed by atoms with van der Waals surface area (Å²) in [5.74, 6) is 1.73. The Hall–Kier alpha value is -3.67. The molecule has 1 saturated heterocycles. The Labute approximate surface area is 235 Å². The molecule has 3 aromatic rings. The first-order chi connectivity index (χ1) is 19.7. The summed E-state index contributed by atoms with van der Waals surface area (Å²) in [5, 5.41) is 9.97. The molecule has 1 aliphatic heterocycles. The van der Waals surface area contributed by atoms with Gasteiger partial charge in [-0.15, -0.1) is 0 Å². The summed E-state index contributed by atoms with van der Waals surface area (Å²) in [6.45, 7) is 5.81. The Morgan fingerprint density at radius 3 is 2.38 bits per heavy atom. The lowest BCUT2D eigenvalue weighted by Crippen LogP contribution is -2.30. The SMILES string of the molecule is COCCOc1cc2ncnc(Nc3cccc(NC(=O)NCCCCN4CCCC4)c3)c2cc1OCCOC. The minimum absolute atomic E-state index is 0.218. The summed E-state index contributed by atoms with van der Waals surface area (Å²) in [7, 11) is 3.25. The van der Waals surface area contributed by atoms with Crippen LogP contribution in [-0.4, -0.2) is 87.7 Å². The van der Waals surface area contributed by atoms with Crippen LogP contribution >= 0.6 is 0 Å². The fourth-order valence-electron chi connectivity index (χ4n) is 4.51. The highest BCUT2D eigenvalue weighted by Crippen LogP contribution is 2.35. The van der Waals surface area contributed by atoms with Crippen LogP contribution in [0.5, 0.6) is 11.5 Å². The van der Waals surface area contributed by atoms with Crippen LogP contribution in [0.1, 0.15) is 25.7 Å². The van der Waals surface area contributed by atoms with Gasteiger partial charge in [-0.1, -0.05) is 6.07 Å². The number of carbonyl (C=O) groups excluding carboxylic acids is 1. The molecule has 2 amide bonds. The van der Waals surface area contributed by atoms with E-state index in [4.69, 9.17) is 18.9 Å².